The van der Waals surface area contributed by atoms with Crippen LogP contribution in [0.2, 0.25) is 0 Å². The van der Waals surface area contributed by atoms with Crippen LogP contribution in [-0.4, -0.2) is 55.8 Å². The number of hydrogen-bond acceptors (Lipinski definition) is 5. The van der Waals surface area contributed by atoms with Gasteiger partial charge in [0.2, 0.25) is 0 Å². The van der Waals surface area contributed by atoms with Gasteiger partial charge in [-0.15, -0.1) is 11.3 Å². The number of carbonyl (C=O) groups excluding carboxylic acids is 1. The molecule has 128 valence electrons. The van der Waals surface area contributed by atoms with E-state index in [1.165, 1.54) is 4.88 Å². The van der Waals surface area contributed by atoms with Crippen molar-refractivity contribution in [2.45, 2.75) is 38.3 Å². The summed E-state index contributed by atoms with van der Waals surface area (Å²) in [5.74, 6) is 0.0144. The molecule has 5 nitrogen and oxygen atoms in total. The monoisotopic (exact) mass is 338 g/mol. The smallest absolute Gasteiger partial charge is 0.261 e. The summed E-state index contributed by atoms with van der Waals surface area (Å²) in [6.07, 6.45) is 2.36. The Morgan fingerprint density at radius 2 is 2.13 bits per heavy atom. The lowest BCUT2D eigenvalue weighted by Crippen LogP contribution is -2.55. The zero-order chi connectivity index (χ0) is 16.3. The van der Waals surface area contributed by atoms with Gasteiger partial charge in [-0.1, -0.05) is 0 Å². The van der Waals surface area contributed by atoms with E-state index in [0.717, 1.165) is 50.6 Å². The van der Waals surface area contributed by atoms with Crippen molar-refractivity contribution in [1.82, 2.24) is 10.2 Å². The van der Waals surface area contributed by atoms with Crippen molar-refractivity contribution < 1.29 is 14.3 Å². The van der Waals surface area contributed by atoms with Crippen molar-refractivity contribution in [3.8, 4) is 0 Å². The van der Waals surface area contributed by atoms with Crippen LogP contribution in [0, 0.1) is 0 Å². The summed E-state index contributed by atoms with van der Waals surface area (Å²) >= 11 is 1.55. The van der Waals surface area contributed by atoms with E-state index in [1.54, 1.807) is 11.3 Å². The van der Waals surface area contributed by atoms with Crippen LogP contribution in [0.5, 0.6) is 0 Å². The fourth-order valence-corrected chi connectivity index (χ4v) is 4.12. The Bertz CT molecular complexity index is 532. The van der Waals surface area contributed by atoms with Gasteiger partial charge in [-0.05, 0) is 38.8 Å². The van der Waals surface area contributed by atoms with Crippen molar-refractivity contribution in [1.29, 1.82) is 0 Å². The predicted octanol–water partition coefficient (Wildman–Crippen LogP) is 2.44. The maximum absolute atomic E-state index is 12.4. The number of thiophene rings is 1. The van der Waals surface area contributed by atoms with E-state index in [1.807, 2.05) is 12.1 Å². The number of carbonyl (C=O) groups is 1. The molecule has 0 spiro atoms. The number of nitrogens with one attached hydrogen (secondary N) is 1. The second-order valence-corrected chi connectivity index (χ2v) is 7.91. The Labute approximate surface area is 142 Å². The van der Waals surface area contributed by atoms with Gasteiger partial charge in [0.1, 0.15) is 0 Å². The molecule has 1 N–H and O–H groups in total. The highest BCUT2D eigenvalue weighted by Crippen LogP contribution is 2.33. The number of nitrogens with zero attached hydrogens (tertiary/aromatic N) is 1. The first kappa shape index (κ1) is 16.9. The summed E-state index contributed by atoms with van der Waals surface area (Å²) in [6, 6.07) is 3.95. The maximum atomic E-state index is 12.4. The minimum Gasteiger partial charge on any atom is -0.379 e. The quantitative estimate of drug-likeness (QED) is 0.896. The topological polar surface area (TPSA) is 50.8 Å². The van der Waals surface area contributed by atoms with Gasteiger partial charge in [0.05, 0.1) is 24.2 Å². The van der Waals surface area contributed by atoms with Gasteiger partial charge in [-0.2, -0.15) is 0 Å². The van der Waals surface area contributed by atoms with E-state index in [-0.39, 0.29) is 17.6 Å². The summed E-state index contributed by atoms with van der Waals surface area (Å²) in [6.45, 7) is 9.20. The van der Waals surface area contributed by atoms with Gasteiger partial charge in [-0.3, -0.25) is 9.69 Å². The minimum atomic E-state index is -0.0614. The van der Waals surface area contributed by atoms with E-state index >= 15 is 0 Å². The average Bonchev–Trinajstić information content (AvgIpc) is 3.24. The minimum absolute atomic E-state index is 0.0144. The van der Waals surface area contributed by atoms with Crippen LogP contribution < -0.4 is 5.32 Å². The largest absolute Gasteiger partial charge is 0.379 e. The van der Waals surface area contributed by atoms with Gasteiger partial charge in [0.25, 0.3) is 5.91 Å². The van der Waals surface area contributed by atoms with E-state index in [0.29, 0.717) is 6.54 Å². The van der Waals surface area contributed by atoms with Gasteiger partial charge in [0.15, 0.2) is 0 Å². The van der Waals surface area contributed by atoms with Crippen LogP contribution in [0.25, 0.3) is 0 Å². The zero-order valence-electron chi connectivity index (χ0n) is 14.0. The standard InChI is InChI=1S/C17H26N2O3S/c1-17(2,19-7-10-21-11-8-19)12-18-16(20)15-6-5-14(23-15)13-4-3-9-22-13/h5-6,13H,3-4,7-12H2,1-2H3,(H,18,20). The molecule has 6 heteroatoms. The molecule has 0 bridgehead atoms. The molecular formula is C17H26N2O3S. The highest BCUT2D eigenvalue weighted by atomic mass is 32.1. The van der Waals surface area contributed by atoms with E-state index < -0.39 is 0 Å². The van der Waals surface area contributed by atoms with Gasteiger partial charge in [-0.25, -0.2) is 0 Å². The summed E-state index contributed by atoms with van der Waals surface area (Å²) in [5, 5.41) is 3.09. The molecular weight excluding hydrogens is 312 g/mol. The van der Waals surface area contributed by atoms with Crippen molar-refractivity contribution in [3.05, 3.63) is 21.9 Å². The van der Waals surface area contributed by atoms with Crippen molar-refractivity contribution in [2.24, 2.45) is 0 Å². The van der Waals surface area contributed by atoms with Crippen LogP contribution in [0.15, 0.2) is 12.1 Å². The number of rotatable bonds is 5. The molecule has 1 aromatic heterocycles. The molecule has 23 heavy (non-hydrogen) atoms. The molecule has 2 saturated heterocycles. The molecule has 0 saturated carbocycles. The van der Waals surface area contributed by atoms with Gasteiger partial charge in [0, 0.05) is 36.7 Å². The van der Waals surface area contributed by atoms with Crippen LogP contribution in [0.1, 0.15) is 47.3 Å². The van der Waals surface area contributed by atoms with Crippen LogP contribution in [0.4, 0.5) is 0 Å². The van der Waals surface area contributed by atoms with Crippen molar-refractivity contribution in [2.75, 3.05) is 39.5 Å². The molecule has 1 aromatic rings. The Hall–Kier alpha value is -0.950. The molecule has 0 aliphatic carbocycles. The lowest BCUT2D eigenvalue weighted by Gasteiger charge is -2.40. The number of amides is 1. The Morgan fingerprint density at radius 3 is 2.83 bits per heavy atom. The fourth-order valence-electron chi connectivity index (χ4n) is 3.11. The number of hydrogen-bond donors (Lipinski definition) is 1. The molecule has 2 aliphatic heterocycles. The lowest BCUT2D eigenvalue weighted by atomic mass is 10.0. The second-order valence-electron chi connectivity index (χ2n) is 6.80. The highest BCUT2D eigenvalue weighted by Gasteiger charge is 2.29. The molecule has 1 amide bonds. The molecule has 1 atom stereocenters. The Kier molecular flexibility index (Phi) is 5.36. The summed E-state index contributed by atoms with van der Waals surface area (Å²) in [7, 11) is 0. The molecule has 3 rings (SSSR count). The van der Waals surface area contributed by atoms with Crippen LogP contribution in [0.3, 0.4) is 0 Å². The maximum Gasteiger partial charge on any atom is 0.261 e. The SMILES string of the molecule is CC(C)(CNC(=O)c1ccc(C2CCCO2)s1)N1CCOCC1. The van der Waals surface area contributed by atoms with E-state index in [9.17, 15) is 4.79 Å². The first-order valence-electron chi connectivity index (χ1n) is 8.38. The van der Waals surface area contributed by atoms with Gasteiger partial charge >= 0.3 is 0 Å². The lowest BCUT2D eigenvalue weighted by molar-refractivity contribution is -0.00922. The molecule has 0 aromatic carbocycles. The van der Waals surface area contributed by atoms with Gasteiger partial charge < -0.3 is 14.8 Å². The van der Waals surface area contributed by atoms with E-state index in [2.05, 4.69) is 24.1 Å². The number of ether oxygens (including phenoxy) is 2. The first-order chi connectivity index (χ1) is 11.1. The third-order valence-corrected chi connectivity index (χ3v) is 5.82. The van der Waals surface area contributed by atoms with Crippen molar-refractivity contribution in [3.63, 3.8) is 0 Å². The highest BCUT2D eigenvalue weighted by molar-refractivity contribution is 7.14. The molecule has 2 aliphatic rings. The average molecular weight is 338 g/mol. The first-order valence-corrected chi connectivity index (χ1v) is 9.20. The normalized spacial score (nSPS) is 23.1. The van der Waals surface area contributed by atoms with E-state index in [4.69, 9.17) is 9.47 Å². The second kappa shape index (κ2) is 7.30. The summed E-state index contributed by atoms with van der Waals surface area (Å²) in [5.41, 5.74) is -0.0614. The summed E-state index contributed by atoms with van der Waals surface area (Å²) < 4.78 is 11.1. The molecule has 3 heterocycles. The number of morpholine rings is 1. The molecule has 0 radical (unpaired) electrons. The van der Waals surface area contributed by atoms with Crippen LogP contribution >= 0.6 is 11.3 Å². The third kappa shape index (κ3) is 4.12. The Balaban J connectivity index is 1.54. The Morgan fingerprint density at radius 1 is 1.35 bits per heavy atom. The third-order valence-electron chi connectivity index (χ3n) is 4.65. The van der Waals surface area contributed by atoms with Crippen molar-refractivity contribution >= 4 is 17.2 Å². The van der Waals surface area contributed by atoms with Crippen LogP contribution in [-0.2, 0) is 9.47 Å². The fraction of sp³-hybridized carbons (Fsp3) is 0.706. The summed E-state index contributed by atoms with van der Waals surface area (Å²) in [4.78, 5) is 16.7. The zero-order valence-corrected chi connectivity index (χ0v) is 14.8. The molecule has 1 unspecified atom stereocenters. The molecule has 2 fully saturated rings. The predicted molar refractivity (Wildman–Crippen MR) is 91.1 cm³/mol.